The lowest BCUT2D eigenvalue weighted by Gasteiger charge is -2.32. The van der Waals surface area contributed by atoms with E-state index >= 15 is 0 Å². The maximum Gasteiger partial charge on any atom is 0.495 e. The van der Waals surface area contributed by atoms with Crippen LogP contribution in [0.2, 0.25) is 0 Å². The SMILES string of the molecule is Cc1cc(S2(C)CC2)ccc1B1OC(C)(C)C(C)(C)O1. The zero-order chi connectivity index (χ0) is 14.8. The van der Waals surface area contributed by atoms with Crippen molar-refractivity contribution in [1.82, 2.24) is 0 Å². The first-order valence-corrected chi connectivity index (χ1v) is 9.73. The molecule has 110 valence electrons. The highest BCUT2D eigenvalue weighted by molar-refractivity contribution is 8.38. The summed E-state index contributed by atoms with van der Waals surface area (Å²) in [6, 6.07) is 6.85. The van der Waals surface area contributed by atoms with Crippen LogP contribution in [-0.2, 0) is 9.31 Å². The Labute approximate surface area is 124 Å². The van der Waals surface area contributed by atoms with Crippen LogP contribution < -0.4 is 5.46 Å². The van der Waals surface area contributed by atoms with E-state index in [1.165, 1.54) is 27.4 Å². The molecule has 0 unspecified atom stereocenters. The van der Waals surface area contributed by atoms with E-state index in [4.69, 9.17) is 9.31 Å². The van der Waals surface area contributed by atoms with Crippen molar-refractivity contribution in [1.29, 1.82) is 0 Å². The van der Waals surface area contributed by atoms with Gasteiger partial charge in [0.05, 0.1) is 11.2 Å². The molecule has 3 rings (SSSR count). The monoisotopic (exact) mass is 292 g/mol. The number of rotatable bonds is 2. The van der Waals surface area contributed by atoms with Gasteiger partial charge in [0.2, 0.25) is 0 Å². The third-order valence-corrected chi connectivity index (χ3v) is 8.16. The van der Waals surface area contributed by atoms with Gasteiger partial charge in [-0.2, -0.15) is 0 Å². The molecule has 0 spiro atoms. The maximum atomic E-state index is 6.16. The molecule has 2 aliphatic rings. The van der Waals surface area contributed by atoms with Gasteiger partial charge in [0.15, 0.2) is 0 Å². The van der Waals surface area contributed by atoms with E-state index in [9.17, 15) is 0 Å². The molecule has 2 aliphatic heterocycles. The first kappa shape index (κ1) is 14.5. The first-order chi connectivity index (χ1) is 9.15. The summed E-state index contributed by atoms with van der Waals surface area (Å²) < 4.78 is 12.3. The van der Waals surface area contributed by atoms with Gasteiger partial charge in [-0.25, -0.2) is 10.0 Å². The van der Waals surface area contributed by atoms with E-state index < -0.39 is 10.0 Å². The average molecular weight is 292 g/mol. The zero-order valence-electron chi connectivity index (χ0n) is 13.4. The minimum absolute atomic E-state index is 0.240. The third-order valence-electron chi connectivity index (χ3n) is 5.13. The molecule has 4 heteroatoms. The van der Waals surface area contributed by atoms with E-state index in [0.29, 0.717) is 0 Å². The number of hydrogen-bond acceptors (Lipinski definition) is 2. The quantitative estimate of drug-likeness (QED) is 0.616. The van der Waals surface area contributed by atoms with Crippen LogP contribution in [0.5, 0.6) is 0 Å². The molecule has 0 aromatic heterocycles. The summed E-state index contributed by atoms with van der Waals surface area (Å²) in [5.41, 5.74) is 1.94. The molecule has 0 aliphatic carbocycles. The van der Waals surface area contributed by atoms with Crippen molar-refractivity contribution in [2.45, 2.75) is 50.7 Å². The van der Waals surface area contributed by atoms with E-state index in [1.807, 2.05) is 0 Å². The molecular weight excluding hydrogens is 267 g/mol. The molecule has 0 atom stereocenters. The van der Waals surface area contributed by atoms with Crippen molar-refractivity contribution in [3.63, 3.8) is 0 Å². The Hall–Kier alpha value is -0.445. The van der Waals surface area contributed by atoms with Crippen LogP contribution in [0.15, 0.2) is 23.1 Å². The Morgan fingerprint density at radius 3 is 2.05 bits per heavy atom. The van der Waals surface area contributed by atoms with Crippen molar-refractivity contribution >= 4 is 22.6 Å². The molecule has 2 nitrogen and oxygen atoms in total. The van der Waals surface area contributed by atoms with Gasteiger partial charge in [-0.3, -0.25) is 0 Å². The summed E-state index contributed by atoms with van der Waals surface area (Å²) in [5, 5.41) is 0. The van der Waals surface area contributed by atoms with Crippen LogP contribution in [0.3, 0.4) is 0 Å². The topological polar surface area (TPSA) is 18.5 Å². The summed E-state index contributed by atoms with van der Waals surface area (Å²) in [4.78, 5) is 1.54. The van der Waals surface area contributed by atoms with Crippen LogP contribution in [0.4, 0.5) is 0 Å². The molecule has 2 heterocycles. The summed E-state index contributed by atoms with van der Waals surface area (Å²) in [5.74, 6) is 2.78. The van der Waals surface area contributed by atoms with Gasteiger partial charge in [-0.05, 0) is 68.8 Å². The second-order valence-corrected chi connectivity index (χ2v) is 11.1. The lowest BCUT2D eigenvalue weighted by Crippen LogP contribution is -2.41. The fourth-order valence-electron chi connectivity index (χ4n) is 2.55. The molecule has 0 radical (unpaired) electrons. The molecule has 1 aromatic carbocycles. The Kier molecular flexibility index (Phi) is 3.10. The van der Waals surface area contributed by atoms with Crippen LogP contribution >= 0.6 is 10.0 Å². The molecule has 2 fully saturated rings. The predicted octanol–water partition coefficient (Wildman–Crippen LogP) is 3.10. The van der Waals surface area contributed by atoms with Gasteiger partial charge >= 0.3 is 7.12 Å². The van der Waals surface area contributed by atoms with Crippen molar-refractivity contribution in [3.8, 4) is 0 Å². The van der Waals surface area contributed by atoms with Crippen molar-refractivity contribution in [3.05, 3.63) is 23.8 Å². The number of hydrogen-bond donors (Lipinski definition) is 0. The van der Waals surface area contributed by atoms with Crippen molar-refractivity contribution in [2.75, 3.05) is 17.8 Å². The van der Waals surface area contributed by atoms with Gasteiger partial charge in [0.1, 0.15) is 0 Å². The summed E-state index contributed by atoms with van der Waals surface area (Å²) >= 11 is 0. The minimum Gasteiger partial charge on any atom is -0.399 e. The normalized spacial score (nSPS) is 27.4. The molecule has 0 amide bonds. The highest BCUT2D eigenvalue weighted by Gasteiger charge is 2.52. The Balaban J connectivity index is 1.89. The van der Waals surface area contributed by atoms with E-state index in [-0.39, 0.29) is 18.3 Å². The molecule has 0 saturated carbocycles. The van der Waals surface area contributed by atoms with E-state index in [1.54, 1.807) is 0 Å². The second-order valence-electron chi connectivity index (χ2n) is 7.29. The number of aryl methyl sites for hydroxylation is 1. The molecule has 20 heavy (non-hydrogen) atoms. The van der Waals surface area contributed by atoms with Crippen LogP contribution in [0, 0.1) is 6.92 Å². The fourth-order valence-corrected chi connectivity index (χ4v) is 4.88. The third kappa shape index (κ3) is 2.22. The van der Waals surface area contributed by atoms with Crippen molar-refractivity contribution < 1.29 is 9.31 Å². The Morgan fingerprint density at radius 2 is 1.60 bits per heavy atom. The number of benzene rings is 1. The largest absolute Gasteiger partial charge is 0.495 e. The predicted molar refractivity (Wildman–Crippen MR) is 88.4 cm³/mol. The van der Waals surface area contributed by atoms with E-state index in [2.05, 4.69) is 59.1 Å². The summed E-state index contributed by atoms with van der Waals surface area (Å²) in [6.07, 6.45) is 2.43. The second kappa shape index (κ2) is 4.28. The fraction of sp³-hybridized carbons (Fsp3) is 0.625. The minimum atomic E-state index is -0.443. The standard InChI is InChI=1S/C16H25BO2S/c1-12-11-13(20(6)9-10-20)7-8-14(12)17-18-15(2,3)16(4,5)19-17/h7-8,11H,9-10H2,1-6H3. The van der Waals surface area contributed by atoms with Gasteiger partial charge in [-0.15, -0.1) is 0 Å². The van der Waals surface area contributed by atoms with Crippen LogP contribution in [0.1, 0.15) is 33.3 Å². The Bertz CT molecular complexity index is 533. The maximum absolute atomic E-state index is 6.16. The van der Waals surface area contributed by atoms with Crippen LogP contribution in [-0.4, -0.2) is 36.1 Å². The highest BCUT2D eigenvalue weighted by Crippen LogP contribution is 2.64. The lowest BCUT2D eigenvalue weighted by atomic mass is 9.76. The van der Waals surface area contributed by atoms with Gasteiger partial charge in [-0.1, -0.05) is 17.7 Å². The molecule has 0 N–H and O–H groups in total. The highest BCUT2D eigenvalue weighted by atomic mass is 32.3. The average Bonchev–Trinajstić information content (AvgIpc) is 3.01. The molecule has 1 aromatic rings. The lowest BCUT2D eigenvalue weighted by molar-refractivity contribution is 0.00578. The zero-order valence-corrected chi connectivity index (χ0v) is 14.3. The summed E-state index contributed by atoms with van der Waals surface area (Å²) in [7, 11) is -0.683. The van der Waals surface area contributed by atoms with Crippen molar-refractivity contribution in [2.24, 2.45) is 0 Å². The van der Waals surface area contributed by atoms with E-state index in [0.717, 1.165) is 0 Å². The van der Waals surface area contributed by atoms with Gasteiger partial charge < -0.3 is 9.31 Å². The Morgan fingerprint density at radius 1 is 1.05 bits per heavy atom. The molecular formula is C16H25BO2S. The molecule has 0 bridgehead atoms. The van der Waals surface area contributed by atoms with Gasteiger partial charge in [0, 0.05) is 0 Å². The first-order valence-electron chi connectivity index (χ1n) is 7.35. The molecule has 2 saturated heterocycles. The van der Waals surface area contributed by atoms with Gasteiger partial charge in [0.25, 0.3) is 0 Å². The smallest absolute Gasteiger partial charge is 0.399 e. The summed E-state index contributed by atoms with van der Waals surface area (Å²) in [6.45, 7) is 10.6. The van der Waals surface area contributed by atoms with Crippen LogP contribution in [0.25, 0.3) is 0 Å².